The number of nitrogens with one attached hydrogen (secondary N) is 2. The molecule has 7 aliphatic heterocycles. The van der Waals surface area contributed by atoms with Gasteiger partial charge in [0, 0.05) is 67.8 Å². The number of benzene rings is 4. The first-order valence-corrected chi connectivity index (χ1v) is 24.2. The second kappa shape index (κ2) is 19.8. The van der Waals surface area contributed by atoms with Crippen molar-refractivity contribution >= 4 is 45.1 Å². The summed E-state index contributed by atoms with van der Waals surface area (Å²) in [5, 5.41) is 0. The number of fused-ring (bicyclic) bond motifs is 4. The number of aliphatic imine (C=N–C) groups is 2. The minimum absolute atomic E-state index is 0.639. The van der Waals surface area contributed by atoms with Crippen LogP contribution in [0.2, 0.25) is 0 Å². The monoisotopic (exact) mass is 898 g/mol. The molecule has 0 radical (unpaired) electrons. The van der Waals surface area contributed by atoms with Gasteiger partial charge in [0.05, 0.1) is 40.6 Å². The van der Waals surface area contributed by atoms with E-state index in [0.29, 0.717) is 6.61 Å². The number of unbranched alkanes of at least 4 members (excludes halogenated alkanes) is 2. The van der Waals surface area contributed by atoms with E-state index in [1.807, 2.05) is 0 Å². The van der Waals surface area contributed by atoms with Gasteiger partial charge in [0.1, 0.15) is 11.3 Å². The summed E-state index contributed by atoms with van der Waals surface area (Å²) < 4.78 is 6.34. The Morgan fingerprint density at radius 2 is 0.884 bits per heavy atom. The molecule has 0 atom stereocenters. The molecule has 0 fully saturated rings. The van der Waals surface area contributed by atoms with Gasteiger partial charge in [0.25, 0.3) is 0 Å². The van der Waals surface area contributed by atoms with Crippen molar-refractivity contribution in [3.05, 3.63) is 269 Å². The molecular weight excluding hydrogens is 845 g/mol. The molecule has 7 heterocycles. The van der Waals surface area contributed by atoms with Crippen LogP contribution in [0.3, 0.4) is 0 Å². The van der Waals surface area contributed by atoms with Crippen molar-refractivity contribution < 1.29 is 14.7 Å². The normalized spacial score (nSPS) is 17.9. The average molecular weight is 899 g/mol. The topological polar surface area (TPSA) is 68.4 Å². The van der Waals surface area contributed by atoms with Crippen molar-refractivity contribution in [3.8, 4) is 5.75 Å². The summed E-state index contributed by atoms with van der Waals surface area (Å²) >= 11 is 0. The SMILES string of the molecule is CCCCN1C=CC(=C2C=CN(CCCCOc3ccc(C4=C5C=CC(=N5)C(c5ccccc5)=C5C=CC(=[NH+]5)C(c5ccccc5)=C5C=CC(=[NH+]5)C(c5ccccc5)=C5C=CC4=N5)cc3)C=C2)C=C1. The molecule has 0 aliphatic carbocycles. The van der Waals surface area contributed by atoms with Gasteiger partial charge in [-0.15, -0.1) is 0 Å². The largest absolute Gasteiger partial charge is 0.494 e. The van der Waals surface area contributed by atoms with Gasteiger partial charge in [-0.05, 0) is 113 Å². The van der Waals surface area contributed by atoms with Crippen LogP contribution in [0.1, 0.15) is 54.9 Å². The highest BCUT2D eigenvalue weighted by atomic mass is 16.5. The Morgan fingerprint density at radius 1 is 0.420 bits per heavy atom. The van der Waals surface area contributed by atoms with Crippen LogP contribution >= 0.6 is 0 Å². The van der Waals surface area contributed by atoms with E-state index in [4.69, 9.17) is 14.7 Å². The third-order valence-electron chi connectivity index (χ3n) is 13.0. The number of nitrogens with zero attached hydrogens (tertiary/aromatic N) is 4. The summed E-state index contributed by atoms with van der Waals surface area (Å²) in [5.74, 6) is 0.840. The summed E-state index contributed by atoms with van der Waals surface area (Å²) in [7, 11) is 0. The van der Waals surface area contributed by atoms with E-state index in [1.54, 1.807) is 0 Å². The highest BCUT2D eigenvalue weighted by molar-refractivity contribution is 6.37. The highest BCUT2D eigenvalue weighted by Gasteiger charge is 2.33. The minimum Gasteiger partial charge on any atom is -0.494 e. The van der Waals surface area contributed by atoms with E-state index < -0.39 is 0 Å². The quantitative estimate of drug-likeness (QED) is 0.132. The first-order valence-electron chi connectivity index (χ1n) is 24.2. The number of rotatable bonds is 13. The number of hydrogen-bond donors (Lipinski definition) is 2. The molecule has 0 saturated heterocycles. The first kappa shape index (κ1) is 43.2. The Balaban J connectivity index is 0.886. The number of ether oxygens (including phenoxy) is 1. The lowest BCUT2D eigenvalue weighted by Crippen LogP contribution is -2.71. The van der Waals surface area contributed by atoms with Gasteiger partial charge in [-0.25, -0.2) is 20.0 Å². The standard InChI is InChI=1S/C62H52N6O/c1-2-3-37-67-39-33-44(34-40-67)45-35-41-68(42-36-45)38-13-14-43-69-50-23-21-49(22-24-50)62-57-31-29-55(65-57)60(47-17-9-5-10-18-47)53-27-25-51(63-53)59(46-15-7-4-8-16-46)52-26-28-54(64-52)61(48-19-11-6-12-20-48)56-30-32-58(62)66-56/h4-12,15-36,39-42H,2-3,13-14,37-38,43H2,1H3/p+2. The van der Waals surface area contributed by atoms with Crippen LogP contribution in [-0.4, -0.2) is 52.3 Å². The highest BCUT2D eigenvalue weighted by Crippen LogP contribution is 2.35. The maximum Gasteiger partial charge on any atom is 0.218 e. The zero-order chi connectivity index (χ0) is 46.4. The molecule has 0 spiro atoms. The van der Waals surface area contributed by atoms with Gasteiger partial charge in [0.2, 0.25) is 22.8 Å². The van der Waals surface area contributed by atoms with Crippen molar-refractivity contribution in [2.45, 2.75) is 32.6 Å². The van der Waals surface area contributed by atoms with Crippen molar-refractivity contribution in [3.63, 3.8) is 0 Å². The van der Waals surface area contributed by atoms with E-state index >= 15 is 0 Å². The van der Waals surface area contributed by atoms with E-state index in [-0.39, 0.29) is 0 Å². The Hall–Kier alpha value is -8.42. The molecule has 4 aromatic carbocycles. The minimum atomic E-state index is 0.639. The third kappa shape index (κ3) is 9.32. The molecule has 7 heteroatoms. The van der Waals surface area contributed by atoms with Gasteiger partial charge in [-0.3, -0.25) is 0 Å². The molecule has 69 heavy (non-hydrogen) atoms. The van der Waals surface area contributed by atoms with Gasteiger partial charge in [0.15, 0.2) is 0 Å². The second-order valence-electron chi connectivity index (χ2n) is 17.7. The van der Waals surface area contributed by atoms with Gasteiger partial charge in [-0.2, -0.15) is 0 Å². The fourth-order valence-corrected chi connectivity index (χ4v) is 9.48. The smallest absolute Gasteiger partial charge is 0.218 e. The molecule has 8 bridgehead atoms. The molecule has 4 aromatic rings. The van der Waals surface area contributed by atoms with Crippen LogP contribution in [0, 0.1) is 0 Å². The predicted octanol–water partition coefficient (Wildman–Crippen LogP) is 9.79. The fourth-order valence-electron chi connectivity index (χ4n) is 9.48. The van der Waals surface area contributed by atoms with Gasteiger partial charge >= 0.3 is 0 Å². The number of hydrogen-bond acceptors (Lipinski definition) is 5. The van der Waals surface area contributed by atoms with Crippen LogP contribution in [0.25, 0.3) is 22.3 Å². The maximum atomic E-state index is 6.34. The summed E-state index contributed by atoms with van der Waals surface area (Å²) in [6.45, 7) is 4.87. The summed E-state index contributed by atoms with van der Waals surface area (Å²) in [6, 6.07) is 40.1. The van der Waals surface area contributed by atoms with Gasteiger partial charge in [-0.1, -0.05) is 116 Å². The van der Waals surface area contributed by atoms with Crippen molar-refractivity contribution in [2.75, 3.05) is 19.7 Å². The fraction of sp³-hybridized carbons (Fsp3) is 0.129. The van der Waals surface area contributed by atoms with Gasteiger partial charge < -0.3 is 14.5 Å². The summed E-state index contributed by atoms with van der Waals surface area (Å²) in [5.41, 5.74) is 18.3. The first-order chi connectivity index (χ1) is 34.1. The summed E-state index contributed by atoms with van der Waals surface area (Å²) in [6.07, 6.45) is 39.2. The van der Waals surface area contributed by atoms with E-state index in [1.165, 1.54) is 24.0 Å². The Bertz CT molecular complexity index is 3160. The Morgan fingerprint density at radius 3 is 1.45 bits per heavy atom. The van der Waals surface area contributed by atoms with Crippen molar-refractivity contribution in [1.29, 1.82) is 0 Å². The van der Waals surface area contributed by atoms with Crippen LogP contribution in [-0.2, 0) is 0 Å². The van der Waals surface area contributed by atoms with Crippen LogP contribution in [0.5, 0.6) is 5.75 Å². The molecule has 0 amide bonds. The van der Waals surface area contributed by atoms with E-state index in [2.05, 4.69) is 240 Å². The molecule has 0 unspecified atom stereocenters. The lowest BCUT2D eigenvalue weighted by atomic mass is 9.98. The molecule has 336 valence electrons. The molecule has 7 aliphatic rings. The zero-order valence-corrected chi connectivity index (χ0v) is 38.9. The molecular formula is C62H54N6O+2. The Labute approximate surface area is 405 Å². The molecule has 0 aromatic heterocycles. The lowest BCUT2D eigenvalue weighted by Gasteiger charge is -2.21. The number of allylic oxidation sites excluding steroid dienone is 18. The summed E-state index contributed by atoms with van der Waals surface area (Å²) in [4.78, 5) is 23.1. The van der Waals surface area contributed by atoms with Crippen molar-refractivity contribution in [2.24, 2.45) is 9.98 Å². The zero-order valence-electron chi connectivity index (χ0n) is 38.9. The average Bonchev–Trinajstić information content (AvgIpc) is 4.26. The molecule has 2 N–H and O–H groups in total. The molecule has 7 nitrogen and oxygen atoms in total. The molecule has 0 saturated carbocycles. The predicted molar refractivity (Wildman–Crippen MR) is 283 cm³/mol. The second-order valence-corrected chi connectivity index (χ2v) is 17.7. The Kier molecular flexibility index (Phi) is 12.4. The lowest BCUT2D eigenvalue weighted by molar-refractivity contribution is -0.388. The molecule has 11 rings (SSSR count). The van der Waals surface area contributed by atoms with Crippen molar-refractivity contribution in [1.82, 2.24) is 9.80 Å². The third-order valence-corrected chi connectivity index (χ3v) is 13.0. The van der Waals surface area contributed by atoms with E-state index in [9.17, 15) is 0 Å². The van der Waals surface area contributed by atoms with E-state index in [0.717, 1.165) is 122 Å². The van der Waals surface area contributed by atoms with Crippen LogP contribution in [0.4, 0.5) is 0 Å². The van der Waals surface area contributed by atoms with Crippen LogP contribution < -0.4 is 14.7 Å². The maximum absolute atomic E-state index is 6.34. The van der Waals surface area contributed by atoms with Crippen LogP contribution in [0.15, 0.2) is 257 Å².